The molecular weight excluding hydrogens is 236 g/mol. The fourth-order valence-electron chi connectivity index (χ4n) is 1.34. The number of nitriles is 1. The molecule has 0 saturated heterocycles. The van der Waals surface area contributed by atoms with Crippen LogP contribution in [0.4, 0.5) is 5.69 Å². The maximum Gasteiger partial charge on any atom is 0.325 e. The van der Waals surface area contributed by atoms with Gasteiger partial charge in [-0.15, -0.1) is 11.8 Å². The van der Waals surface area contributed by atoms with E-state index in [-0.39, 0.29) is 12.5 Å². The molecule has 17 heavy (non-hydrogen) atoms. The molecule has 0 spiro atoms. The lowest BCUT2D eigenvalue weighted by Gasteiger charge is -2.09. The average molecular weight is 250 g/mol. The van der Waals surface area contributed by atoms with Crippen LogP contribution < -0.4 is 5.32 Å². The first-order chi connectivity index (χ1) is 8.22. The zero-order valence-electron chi connectivity index (χ0n) is 9.82. The Morgan fingerprint density at radius 2 is 2.35 bits per heavy atom. The summed E-state index contributed by atoms with van der Waals surface area (Å²) >= 11 is 1.50. The third kappa shape index (κ3) is 3.68. The number of nitrogens with zero attached hydrogens (tertiary/aromatic N) is 1. The van der Waals surface area contributed by atoms with Crippen molar-refractivity contribution in [2.75, 3.05) is 24.7 Å². The lowest BCUT2D eigenvalue weighted by molar-refractivity contribution is -0.140. The third-order valence-electron chi connectivity index (χ3n) is 2.09. The standard InChI is InChI=1S/C12H14N2O2S/c1-3-16-12(15)8-14-10-5-4-6-11(17-2)9(10)7-13/h4-6,14H,3,8H2,1-2H3. The van der Waals surface area contributed by atoms with Gasteiger partial charge in [-0.05, 0) is 25.3 Å². The Morgan fingerprint density at radius 1 is 1.59 bits per heavy atom. The van der Waals surface area contributed by atoms with E-state index in [0.717, 1.165) is 4.90 Å². The summed E-state index contributed by atoms with van der Waals surface area (Å²) in [6.07, 6.45) is 1.91. The van der Waals surface area contributed by atoms with Crippen molar-refractivity contribution in [1.82, 2.24) is 0 Å². The van der Waals surface area contributed by atoms with Gasteiger partial charge >= 0.3 is 5.97 Å². The third-order valence-corrected chi connectivity index (χ3v) is 2.87. The zero-order valence-corrected chi connectivity index (χ0v) is 10.6. The summed E-state index contributed by atoms with van der Waals surface area (Å²) in [6.45, 7) is 2.18. The van der Waals surface area contributed by atoms with Crippen LogP contribution in [0.2, 0.25) is 0 Å². The van der Waals surface area contributed by atoms with Crippen LogP contribution in [0.3, 0.4) is 0 Å². The van der Waals surface area contributed by atoms with E-state index in [9.17, 15) is 4.79 Å². The second-order valence-electron chi connectivity index (χ2n) is 3.15. The van der Waals surface area contributed by atoms with Gasteiger partial charge in [0.25, 0.3) is 0 Å². The highest BCUT2D eigenvalue weighted by atomic mass is 32.2. The van der Waals surface area contributed by atoms with E-state index < -0.39 is 0 Å². The topological polar surface area (TPSA) is 62.1 Å². The van der Waals surface area contributed by atoms with E-state index in [1.165, 1.54) is 11.8 Å². The highest BCUT2D eigenvalue weighted by molar-refractivity contribution is 7.98. The molecule has 1 aromatic rings. The number of thioether (sulfide) groups is 1. The first kappa shape index (κ1) is 13.4. The zero-order chi connectivity index (χ0) is 12.7. The minimum atomic E-state index is -0.328. The fraction of sp³-hybridized carbons (Fsp3) is 0.333. The second-order valence-corrected chi connectivity index (χ2v) is 4.00. The molecule has 0 aromatic heterocycles. The van der Waals surface area contributed by atoms with Crippen LogP contribution in [-0.2, 0) is 9.53 Å². The normalized spacial score (nSPS) is 9.47. The molecule has 1 rings (SSSR count). The molecule has 0 radical (unpaired) electrons. The van der Waals surface area contributed by atoms with Crippen LogP contribution in [-0.4, -0.2) is 25.4 Å². The highest BCUT2D eigenvalue weighted by Gasteiger charge is 2.08. The molecule has 0 heterocycles. The number of benzene rings is 1. The first-order valence-corrected chi connectivity index (χ1v) is 6.42. The van der Waals surface area contributed by atoms with Crippen LogP contribution in [0, 0.1) is 11.3 Å². The average Bonchev–Trinajstić information content (AvgIpc) is 2.36. The number of hydrogen-bond donors (Lipinski definition) is 1. The number of hydrogen-bond acceptors (Lipinski definition) is 5. The molecule has 1 aromatic carbocycles. The largest absolute Gasteiger partial charge is 0.465 e. The summed E-state index contributed by atoms with van der Waals surface area (Å²) in [6, 6.07) is 7.63. The number of rotatable bonds is 5. The van der Waals surface area contributed by atoms with Gasteiger partial charge in [0, 0.05) is 4.90 Å². The van der Waals surface area contributed by atoms with Crippen LogP contribution in [0.25, 0.3) is 0 Å². The predicted molar refractivity (Wildman–Crippen MR) is 68.1 cm³/mol. The van der Waals surface area contributed by atoms with Gasteiger partial charge in [0.15, 0.2) is 0 Å². The first-order valence-electron chi connectivity index (χ1n) is 5.19. The maximum absolute atomic E-state index is 11.2. The minimum absolute atomic E-state index is 0.0698. The van der Waals surface area contributed by atoms with Gasteiger partial charge in [0.2, 0.25) is 0 Å². The quantitative estimate of drug-likeness (QED) is 0.641. The second kappa shape index (κ2) is 6.81. The van der Waals surface area contributed by atoms with Crippen molar-refractivity contribution in [1.29, 1.82) is 5.26 Å². The van der Waals surface area contributed by atoms with E-state index >= 15 is 0 Å². The van der Waals surface area contributed by atoms with Crippen LogP contribution in [0.15, 0.2) is 23.1 Å². The summed E-state index contributed by atoms with van der Waals surface area (Å²) < 4.78 is 4.80. The Kier molecular flexibility index (Phi) is 5.37. The molecule has 0 aliphatic carbocycles. The lowest BCUT2D eigenvalue weighted by atomic mass is 10.2. The van der Waals surface area contributed by atoms with Crippen LogP contribution in [0.1, 0.15) is 12.5 Å². The summed E-state index contributed by atoms with van der Waals surface area (Å²) in [4.78, 5) is 12.1. The molecule has 0 aliphatic rings. The van der Waals surface area contributed by atoms with E-state index in [4.69, 9.17) is 10.00 Å². The van der Waals surface area contributed by atoms with Gasteiger partial charge in [-0.3, -0.25) is 4.79 Å². The fourth-order valence-corrected chi connectivity index (χ4v) is 1.92. The van der Waals surface area contributed by atoms with Crippen LogP contribution >= 0.6 is 11.8 Å². The van der Waals surface area contributed by atoms with E-state index in [2.05, 4.69) is 11.4 Å². The van der Waals surface area contributed by atoms with E-state index in [1.807, 2.05) is 18.4 Å². The Morgan fingerprint density at radius 3 is 2.94 bits per heavy atom. The number of ether oxygens (including phenoxy) is 1. The predicted octanol–water partition coefficient (Wildman–Crippen LogP) is 2.26. The Labute approximate surface area is 105 Å². The van der Waals surface area contributed by atoms with Crippen molar-refractivity contribution in [2.45, 2.75) is 11.8 Å². The molecule has 0 fully saturated rings. The molecule has 5 heteroatoms. The molecule has 4 nitrogen and oxygen atoms in total. The maximum atomic E-state index is 11.2. The molecule has 0 aliphatic heterocycles. The molecule has 1 N–H and O–H groups in total. The SMILES string of the molecule is CCOC(=O)CNc1cccc(SC)c1C#N. The Balaban J connectivity index is 2.78. The number of anilines is 1. The van der Waals surface area contributed by atoms with Crippen molar-refractivity contribution in [2.24, 2.45) is 0 Å². The number of esters is 1. The van der Waals surface area contributed by atoms with Gasteiger partial charge in [-0.25, -0.2) is 0 Å². The highest BCUT2D eigenvalue weighted by Crippen LogP contribution is 2.25. The molecular formula is C12H14N2O2S. The lowest BCUT2D eigenvalue weighted by Crippen LogP contribution is -2.17. The van der Waals surface area contributed by atoms with Crippen molar-refractivity contribution in [3.63, 3.8) is 0 Å². The number of carbonyl (C=O) groups is 1. The molecule has 90 valence electrons. The smallest absolute Gasteiger partial charge is 0.325 e. The van der Waals surface area contributed by atoms with Gasteiger partial charge in [-0.1, -0.05) is 6.07 Å². The van der Waals surface area contributed by atoms with Gasteiger partial charge in [-0.2, -0.15) is 5.26 Å². The number of nitrogens with one attached hydrogen (secondary N) is 1. The summed E-state index contributed by atoms with van der Waals surface area (Å²) in [5.74, 6) is -0.328. The summed E-state index contributed by atoms with van der Waals surface area (Å²) in [5.41, 5.74) is 1.22. The molecule has 0 unspecified atom stereocenters. The summed E-state index contributed by atoms with van der Waals surface area (Å²) in [5, 5.41) is 12.0. The van der Waals surface area contributed by atoms with E-state index in [0.29, 0.717) is 17.9 Å². The van der Waals surface area contributed by atoms with Gasteiger partial charge in [0.1, 0.15) is 12.6 Å². The molecule has 0 saturated carbocycles. The monoisotopic (exact) mass is 250 g/mol. The van der Waals surface area contributed by atoms with Crippen molar-refractivity contribution >= 4 is 23.4 Å². The Hall–Kier alpha value is -1.67. The van der Waals surface area contributed by atoms with Crippen molar-refractivity contribution in [3.8, 4) is 6.07 Å². The number of carbonyl (C=O) groups excluding carboxylic acids is 1. The van der Waals surface area contributed by atoms with Gasteiger partial charge in [0.05, 0.1) is 17.9 Å². The molecule has 0 amide bonds. The molecule has 0 bridgehead atoms. The van der Waals surface area contributed by atoms with E-state index in [1.54, 1.807) is 13.0 Å². The summed E-state index contributed by atoms with van der Waals surface area (Å²) in [7, 11) is 0. The van der Waals surface area contributed by atoms with Crippen molar-refractivity contribution in [3.05, 3.63) is 23.8 Å². The molecule has 0 atom stereocenters. The van der Waals surface area contributed by atoms with Crippen LogP contribution in [0.5, 0.6) is 0 Å². The van der Waals surface area contributed by atoms with Gasteiger partial charge < -0.3 is 10.1 Å². The van der Waals surface area contributed by atoms with Crippen molar-refractivity contribution < 1.29 is 9.53 Å². The Bertz CT molecular complexity index is 441. The minimum Gasteiger partial charge on any atom is -0.465 e.